The maximum atomic E-state index is 3.69. The Balaban J connectivity index is 0.000000364. The Bertz CT molecular complexity index is 229. The Morgan fingerprint density at radius 2 is 1.50 bits per heavy atom. The first kappa shape index (κ1) is 13.0. The van der Waals surface area contributed by atoms with E-state index in [-0.39, 0.29) is 0 Å². The standard InChI is InChI=1S/C10H12.C4H10/c1-3-9-5-7-10(4-2)8-6-9;1-3-4-2/h3,5-8H,1,4H2,2H3;3-4H2,1-2H3. The molecule has 0 saturated carbocycles. The summed E-state index contributed by atoms with van der Waals surface area (Å²) in [6.45, 7) is 10.2. The van der Waals surface area contributed by atoms with Crippen molar-refractivity contribution >= 4 is 6.08 Å². The lowest BCUT2D eigenvalue weighted by Crippen LogP contribution is -1.78. The molecule has 0 aliphatic heterocycles. The van der Waals surface area contributed by atoms with Gasteiger partial charge in [0.25, 0.3) is 0 Å². The topological polar surface area (TPSA) is 0 Å². The van der Waals surface area contributed by atoms with E-state index in [2.05, 4.69) is 51.6 Å². The summed E-state index contributed by atoms with van der Waals surface area (Å²) >= 11 is 0. The Morgan fingerprint density at radius 3 is 1.79 bits per heavy atom. The van der Waals surface area contributed by atoms with Crippen molar-refractivity contribution in [3.05, 3.63) is 42.0 Å². The number of aryl methyl sites for hydroxylation is 1. The van der Waals surface area contributed by atoms with Crippen LogP contribution in [0.15, 0.2) is 30.8 Å². The maximum Gasteiger partial charge on any atom is -0.0262 e. The van der Waals surface area contributed by atoms with E-state index >= 15 is 0 Å². The number of hydrogen-bond acceptors (Lipinski definition) is 0. The third-order valence-corrected chi connectivity index (χ3v) is 2.12. The van der Waals surface area contributed by atoms with Gasteiger partial charge >= 0.3 is 0 Å². The number of hydrogen-bond donors (Lipinski definition) is 0. The minimum atomic E-state index is 1.11. The first-order chi connectivity index (χ1) is 6.78. The van der Waals surface area contributed by atoms with Gasteiger partial charge in [-0.15, -0.1) is 0 Å². The Kier molecular flexibility index (Phi) is 7.92. The van der Waals surface area contributed by atoms with Crippen LogP contribution in [0.5, 0.6) is 0 Å². The summed E-state index contributed by atoms with van der Waals surface area (Å²) < 4.78 is 0. The van der Waals surface area contributed by atoms with E-state index in [1.165, 1.54) is 24.0 Å². The van der Waals surface area contributed by atoms with Gasteiger partial charge in [-0.05, 0) is 17.5 Å². The third kappa shape index (κ3) is 5.58. The lowest BCUT2D eigenvalue weighted by Gasteiger charge is -1.95. The van der Waals surface area contributed by atoms with Crippen molar-refractivity contribution < 1.29 is 0 Å². The summed E-state index contributed by atoms with van der Waals surface area (Å²) in [5.74, 6) is 0. The first-order valence-electron chi connectivity index (χ1n) is 5.49. The molecule has 78 valence electrons. The van der Waals surface area contributed by atoms with Crippen molar-refractivity contribution in [1.82, 2.24) is 0 Å². The second-order valence-corrected chi connectivity index (χ2v) is 3.30. The Hall–Kier alpha value is -1.04. The summed E-state index contributed by atoms with van der Waals surface area (Å²) in [6.07, 6.45) is 5.61. The van der Waals surface area contributed by atoms with Crippen molar-refractivity contribution in [2.24, 2.45) is 0 Å². The Morgan fingerprint density at radius 1 is 1.00 bits per heavy atom. The molecule has 1 aromatic carbocycles. The molecule has 1 aromatic rings. The fourth-order valence-corrected chi connectivity index (χ4v) is 0.889. The van der Waals surface area contributed by atoms with E-state index in [0.29, 0.717) is 0 Å². The highest BCUT2D eigenvalue weighted by atomic mass is 13.9. The molecule has 14 heavy (non-hydrogen) atoms. The van der Waals surface area contributed by atoms with Crippen molar-refractivity contribution in [2.45, 2.75) is 40.0 Å². The van der Waals surface area contributed by atoms with E-state index < -0.39 is 0 Å². The second kappa shape index (κ2) is 8.55. The smallest absolute Gasteiger partial charge is 0.0262 e. The second-order valence-electron chi connectivity index (χ2n) is 3.30. The quantitative estimate of drug-likeness (QED) is 0.648. The predicted molar refractivity (Wildman–Crippen MR) is 66.5 cm³/mol. The summed E-state index contributed by atoms with van der Waals surface area (Å²) in [6, 6.07) is 8.45. The molecule has 0 fully saturated rings. The monoisotopic (exact) mass is 190 g/mol. The largest absolute Gasteiger partial charge is 0.0985 e. The fourth-order valence-electron chi connectivity index (χ4n) is 0.889. The van der Waals surface area contributed by atoms with Gasteiger partial charge in [-0.1, -0.05) is 70.5 Å². The highest BCUT2D eigenvalue weighted by Gasteiger charge is 1.86. The van der Waals surface area contributed by atoms with Gasteiger partial charge in [0.2, 0.25) is 0 Å². The van der Waals surface area contributed by atoms with E-state index in [4.69, 9.17) is 0 Å². The van der Waals surface area contributed by atoms with E-state index in [0.717, 1.165) is 6.42 Å². The SMILES string of the molecule is C=Cc1ccc(CC)cc1.CCCC. The molecule has 0 spiro atoms. The molecule has 0 nitrogen and oxygen atoms in total. The zero-order valence-corrected chi connectivity index (χ0v) is 9.72. The molecular weight excluding hydrogens is 168 g/mol. The van der Waals surface area contributed by atoms with Gasteiger partial charge in [0, 0.05) is 0 Å². The molecule has 0 unspecified atom stereocenters. The molecule has 0 saturated heterocycles. The summed E-state index contributed by atoms with van der Waals surface area (Å²) in [7, 11) is 0. The molecule has 0 radical (unpaired) electrons. The van der Waals surface area contributed by atoms with E-state index in [9.17, 15) is 0 Å². The summed E-state index contributed by atoms with van der Waals surface area (Å²) in [4.78, 5) is 0. The van der Waals surface area contributed by atoms with Gasteiger partial charge in [0.05, 0.1) is 0 Å². The lowest BCUT2D eigenvalue weighted by atomic mass is 10.1. The number of rotatable bonds is 3. The van der Waals surface area contributed by atoms with Crippen LogP contribution in [0.2, 0.25) is 0 Å². The average Bonchev–Trinajstić information content (AvgIpc) is 2.29. The van der Waals surface area contributed by atoms with Crippen LogP contribution in [0.3, 0.4) is 0 Å². The molecule has 0 atom stereocenters. The predicted octanol–water partition coefficient (Wildman–Crippen LogP) is 4.70. The molecule has 0 aliphatic carbocycles. The van der Waals surface area contributed by atoms with Crippen molar-refractivity contribution in [2.75, 3.05) is 0 Å². The molecular formula is C14H22. The molecule has 0 heteroatoms. The fraction of sp³-hybridized carbons (Fsp3) is 0.429. The maximum absolute atomic E-state index is 3.69. The Labute approximate surface area is 88.7 Å². The minimum Gasteiger partial charge on any atom is -0.0985 e. The molecule has 0 N–H and O–H groups in total. The van der Waals surface area contributed by atoms with Crippen LogP contribution < -0.4 is 0 Å². The van der Waals surface area contributed by atoms with E-state index in [1.807, 2.05) is 6.08 Å². The first-order valence-corrected chi connectivity index (χ1v) is 5.49. The van der Waals surface area contributed by atoms with Crippen LogP contribution in [-0.2, 0) is 6.42 Å². The number of benzene rings is 1. The van der Waals surface area contributed by atoms with Gasteiger partial charge in [-0.2, -0.15) is 0 Å². The van der Waals surface area contributed by atoms with Crippen LogP contribution in [0.1, 0.15) is 44.7 Å². The molecule has 0 aliphatic rings. The van der Waals surface area contributed by atoms with Crippen LogP contribution >= 0.6 is 0 Å². The summed E-state index contributed by atoms with van der Waals surface area (Å²) in [5, 5.41) is 0. The van der Waals surface area contributed by atoms with Crippen LogP contribution in [0, 0.1) is 0 Å². The van der Waals surface area contributed by atoms with Crippen LogP contribution in [0.4, 0.5) is 0 Å². The zero-order valence-electron chi connectivity index (χ0n) is 9.72. The van der Waals surface area contributed by atoms with E-state index in [1.54, 1.807) is 0 Å². The molecule has 0 heterocycles. The summed E-state index contributed by atoms with van der Waals surface area (Å²) in [5.41, 5.74) is 2.57. The highest BCUT2D eigenvalue weighted by Crippen LogP contribution is 2.05. The molecule has 0 amide bonds. The van der Waals surface area contributed by atoms with Crippen molar-refractivity contribution in [3.8, 4) is 0 Å². The normalized spacial score (nSPS) is 8.79. The van der Waals surface area contributed by atoms with Gasteiger partial charge in [-0.25, -0.2) is 0 Å². The average molecular weight is 190 g/mol. The van der Waals surface area contributed by atoms with Gasteiger partial charge < -0.3 is 0 Å². The molecule has 1 rings (SSSR count). The van der Waals surface area contributed by atoms with Crippen LogP contribution in [0.25, 0.3) is 6.08 Å². The molecule has 0 bridgehead atoms. The molecule has 0 aromatic heterocycles. The van der Waals surface area contributed by atoms with Gasteiger partial charge in [-0.3, -0.25) is 0 Å². The van der Waals surface area contributed by atoms with Crippen molar-refractivity contribution in [1.29, 1.82) is 0 Å². The third-order valence-electron chi connectivity index (χ3n) is 2.12. The zero-order chi connectivity index (χ0) is 10.8. The van der Waals surface area contributed by atoms with Crippen LogP contribution in [-0.4, -0.2) is 0 Å². The van der Waals surface area contributed by atoms with Crippen molar-refractivity contribution in [3.63, 3.8) is 0 Å². The number of unbranched alkanes of at least 4 members (excludes halogenated alkanes) is 1. The van der Waals surface area contributed by atoms with Gasteiger partial charge in [0.15, 0.2) is 0 Å². The highest BCUT2D eigenvalue weighted by molar-refractivity contribution is 5.47. The lowest BCUT2D eigenvalue weighted by molar-refractivity contribution is 0.886. The van der Waals surface area contributed by atoms with Gasteiger partial charge in [0.1, 0.15) is 0 Å². The minimum absolute atomic E-state index is 1.11.